The monoisotopic (exact) mass is 335 g/mol. The summed E-state index contributed by atoms with van der Waals surface area (Å²) in [5.41, 5.74) is 2.17. The van der Waals surface area contributed by atoms with Crippen LogP contribution in [0, 0.1) is 0 Å². The van der Waals surface area contributed by atoms with E-state index in [0.717, 1.165) is 12.1 Å². The SMILES string of the molecule is O=C(Nc1ccc(-n2cccn2)cc1)c1ccc2c(c1)OCCCO2. The molecule has 0 saturated carbocycles. The van der Waals surface area contributed by atoms with Crippen LogP contribution in [0.5, 0.6) is 11.5 Å². The van der Waals surface area contributed by atoms with Gasteiger partial charge in [0.2, 0.25) is 0 Å². The first-order valence-electron chi connectivity index (χ1n) is 8.11. The van der Waals surface area contributed by atoms with Gasteiger partial charge in [-0.25, -0.2) is 4.68 Å². The highest BCUT2D eigenvalue weighted by Gasteiger charge is 2.14. The second kappa shape index (κ2) is 6.68. The maximum atomic E-state index is 12.5. The first kappa shape index (κ1) is 15.3. The van der Waals surface area contributed by atoms with Crippen molar-refractivity contribution in [1.29, 1.82) is 0 Å². The van der Waals surface area contributed by atoms with Crippen molar-refractivity contribution in [2.24, 2.45) is 0 Å². The second-order valence-electron chi connectivity index (χ2n) is 5.66. The van der Waals surface area contributed by atoms with E-state index in [1.54, 1.807) is 29.1 Å². The number of benzene rings is 2. The maximum Gasteiger partial charge on any atom is 0.255 e. The van der Waals surface area contributed by atoms with E-state index in [9.17, 15) is 4.79 Å². The van der Waals surface area contributed by atoms with E-state index in [2.05, 4.69) is 10.4 Å². The molecule has 0 bridgehead atoms. The van der Waals surface area contributed by atoms with Gasteiger partial charge in [0, 0.05) is 30.1 Å². The standard InChI is InChI=1S/C19H17N3O3/c23-19(14-3-8-17-18(13-14)25-12-2-11-24-17)21-15-4-6-16(7-5-15)22-10-1-9-20-22/h1,3-10,13H,2,11-12H2,(H,21,23). The molecule has 2 heterocycles. The lowest BCUT2D eigenvalue weighted by Crippen LogP contribution is -2.12. The summed E-state index contributed by atoms with van der Waals surface area (Å²) in [6.07, 6.45) is 4.42. The fourth-order valence-electron chi connectivity index (χ4n) is 2.63. The van der Waals surface area contributed by atoms with E-state index in [1.165, 1.54) is 0 Å². The van der Waals surface area contributed by atoms with E-state index >= 15 is 0 Å². The summed E-state index contributed by atoms with van der Waals surface area (Å²) in [6, 6.07) is 14.6. The molecule has 0 saturated heterocycles. The van der Waals surface area contributed by atoms with Crippen LogP contribution in [0.1, 0.15) is 16.8 Å². The van der Waals surface area contributed by atoms with Crippen LogP contribution >= 0.6 is 0 Å². The Morgan fingerprint density at radius 3 is 2.60 bits per heavy atom. The fraction of sp³-hybridized carbons (Fsp3) is 0.158. The summed E-state index contributed by atoms with van der Waals surface area (Å²) in [5.74, 6) is 1.10. The predicted octanol–water partition coefficient (Wildman–Crippen LogP) is 3.29. The van der Waals surface area contributed by atoms with Crippen molar-refractivity contribution in [3.8, 4) is 17.2 Å². The molecule has 0 fully saturated rings. The van der Waals surface area contributed by atoms with Crippen molar-refractivity contribution < 1.29 is 14.3 Å². The lowest BCUT2D eigenvalue weighted by atomic mass is 10.1. The zero-order valence-corrected chi connectivity index (χ0v) is 13.5. The number of carbonyl (C=O) groups is 1. The number of nitrogens with one attached hydrogen (secondary N) is 1. The normalized spacial score (nSPS) is 13.1. The molecule has 1 aromatic heterocycles. The summed E-state index contributed by atoms with van der Waals surface area (Å²) in [7, 11) is 0. The number of ether oxygens (including phenoxy) is 2. The Morgan fingerprint density at radius 2 is 1.84 bits per heavy atom. The highest BCUT2D eigenvalue weighted by Crippen LogP contribution is 2.30. The molecule has 0 aliphatic carbocycles. The van der Waals surface area contributed by atoms with E-state index in [0.29, 0.717) is 36.0 Å². The summed E-state index contributed by atoms with van der Waals surface area (Å²) in [5, 5.41) is 7.06. The third-order valence-corrected chi connectivity index (χ3v) is 3.90. The van der Waals surface area contributed by atoms with Gasteiger partial charge in [0.05, 0.1) is 18.9 Å². The number of amides is 1. The average Bonchev–Trinajstić information content (AvgIpc) is 3.07. The van der Waals surface area contributed by atoms with Gasteiger partial charge in [-0.15, -0.1) is 0 Å². The molecule has 1 aliphatic heterocycles. The van der Waals surface area contributed by atoms with Crippen LogP contribution in [0.4, 0.5) is 5.69 Å². The largest absolute Gasteiger partial charge is 0.490 e. The zero-order chi connectivity index (χ0) is 17.1. The minimum Gasteiger partial charge on any atom is -0.490 e. The summed E-state index contributed by atoms with van der Waals surface area (Å²) in [4.78, 5) is 12.5. The molecule has 25 heavy (non-hydrogen) atoms. The molecule has 1 amide bonds. The molecule has 0 spiro atoms. The van der Waals surface area contributed by atoms with E-state index < -0.39 is 0 Å². The van der Waals surface area contributed by atoms with Crippen molar-refractivity contribution in [3.63, 3.8) is 0 Å². The Bertz CT molecular complexity index is 873. The Kier molecular flexibility index (Phi) is 4.08. The molecule has 0 unspecified atom stereocenters. The van der Waals surface area contributed by atoms with Gasteiger partial charge < -0.3 is 14.8 Å². The molecule has 4 rings (SSSR count). The highest BCUT2D eigenvalue weighted by molar-refractivity contribution is 6.04. The Labute approximate surface area is 145 Å². The van der Waals surface area contributed by atoms with Crippen molar-refractivity contribution in [2.75, 3.05) is 18.5 Å². The lowest BCUT2D eigenvalue weighted by Gasteiger charge is -2.10. The topological polar surface area (TPSA) is 65.4 Å². The third kappa shape index (κ3) is 3.33. The molecule has 6 nitrogen and oxygen atoms in total. The quantitative estimate of drug-likeness (QED) is 0.798. The van der Waals surface area contributed by atoms with Crippen LogP contribution in [0.15, 0.2) is 60.9 Å². The average molecular weight is 335 g/mol. The van der Waals surface area contributed by atoms with Gasteiger partial charge in [-0.3, -0.25) is 4.79 Å². The predicted molar refractivity (Wildman–Crippen MR) is 93.6 cm³/mol. The van der Waals surface area contributed by atoms with Crippen LogP contribution < -0.4 is 14.8 Å². The third-order valence-electron chi connectivity index (χ3n) is 3.90. The van der Waals surface area contributed by atoms with Crippen molar-refractivity contribution in [3.05, 3.63) is 66.5 Å². The Balaban J connectivity index is 1.49. The molecule has 1 aliphatic rings. The maximum absolute atomic E-state index is 12.5. The van der Waals surface area contributed by atoms with E-state index in [1.807, 2.05) is 36.5 Å². The van der Waals surface area contributed by atoms with Crippen LogP contribution in [0.25, 0.3) is 5.69 Å². The van der Waals surface area contributed by atoms with Crippen LogP contribution in [0.3, 0.4) is 0 Å². The molecule has 0 atom stereocenters. The number of carbonyl (C=O) groups excluding carboxylic acids is 1. The van der Waals surface area contributed by atoms with E-state index in [-0.39, 0.29) is 5.91 Å². The molecule has 1 N–H and O–H groups in total. The lowest BCUT2D eigenvalue weighted by molar-refractivity contribution is 0.102. The Morgan fingerprint density at radius 1 is 1.04 bits per heavy atom. The number of fused-ring (bicyclic) bond motifs is 1. The molecular weight excluding hydrogens is 318 g/mol. The summed E-state index contributed by atoms with van der Waals surface area (Å²) in [6.45, 7) is 1.22. The minimum absolute atomic E-state index is 0.192. The van der Waals surface area contributed by atoms with Gasteiger partial charge in [0.1, 0.15) is 0 Å². The van der Waals surface area contributed by atoms with Crippen molar-refractivity contribution in [2.45, 2.75) is 6.42 Å². The van der Waals surface area contributed by atoms with E-state index in [4.69, 9.17) is 9.47 Å². The number of hydrogen-bond acceptors (Lipinski definition) is 4. The first-order chi connectivity index (χ1) is 12.3. The minimum atomic E-state index is -0.192. The molecular formula is C19H17N3O3. The summed E-state index contributed by atoms with van der Waals surface area (Å²) < 4.78 is 13.0. The van der Waals surface area contributed by atoms with Crippen LogP contribution in [-0.4, -0.2) is 28.9 Å². The molecule has 0 radical (unpaired) electrons. The summed E-state index contributed by atoms with van der Waals surface area (Å²) >= 11 is 0. The molecule has 126 valence electrons. The number of rotatable bonds is 3. The molecule has 3 aromatic rings. The van der Waals surface area contributed by atoms with Gasteiger partial charge in [0.15, 0.2) is 11.5 Å². The van der Waals surface area contributed by atoms with Gasteiger partial charge in [-0.2, -0.15) is 5.10 Å². The van der Waals surface area contributed by atoms with Crippen LogP contribution in [0.2, 0.25) is 0 Å². The fourth-order valence-corrected chi connectivity index (χ4v) is 2.63. The number of nitrogens with zero attached hydrogens (tertiary/aromatic N) is 2. The number of aromatic nitrogens is 2. The van der Waals surface area contributed by atoms with Gasteiger partial charge in [-0.1, -0.05) is 0 Å². The van der Waals surface area contributed by atoms with Crippen molar-refractivity contribution >= 4 is 11.6 Å². The van der Waals surface area contributed by atoms with Gasteiger partial charge in [-0.05, 0) is 48.5 Å². The first-order valence-corrected chi connectivity index (χ1v) is 8.11. The van der Waals surface area contributed by atoms with Gasteiger partial charge in [0.25, 0.3) is 5.91 Å². The number of hydrogen-bond donors (Lipinski definition) is 1. The van der Waals surface area contributed by atoms with Gasteiger partial charge >= 0.3 is 0 Å². The number of anilines is 1. The molecule has 2 aromatic carbocycles. The second-order valence-corrected chi connectivity index (χ2v) is 5.66. The van der Waals surface area contributed by atoms with Crippen LogP contribution in [-0.2, 0) is 0 Å². The highest BCUT2D eigenvalue weighted by atomic mass is 16.5. The van der Waals surface area contributed by atoms with Crippen molar-refractivity contribution in [1.82, 2.24) is 9.78 Å². The Hall–Kier alpha value is -3.28. The smallest absolute Gasteiger partial charge is 0.255 e. The molecule has 6 heteroatoms. The zero-order valence-electron chi connectivity index (χ0n) is 13.5.